The van der Waals surface area contributed by atoms with E-state index in [9.17, 15) is 0 Å². The van der Waals surface area contributed by atoms with Gasteiger partial charge in [0.2, 0.25) is 0 Å². The van der Waals surface area contributed by atoms with Crippen molar-refractivity contribution in [1.82, 2.24) is 4.57 Å². The third kappa shape index (κ3) is 2.27. The fourth-order valence-electron chi connectivity index (χ4n) is 2.60. The second-order valence-electron chi connectivity index (χ2n) is 4.99. The van der Waals surface area contributed by atoms with Gasteiger partial charge in [-0.2, -0.15) is 0 Å². The first-order valence-electron chi connectivity index (χ1n) is 6.63. The molecule has 96 valence electrons. The smallest absolute Gasteiger partial charge is 0.0479 e. The van der Waals surface area contributed by atoms with Gasteiger partial charge in [0, 0.05) is 24.5 Å². The van der Waals surface area contributed by atoms with E-state index in [1.165, 1.54) is 22.0 Å². The van der Waals surface area contributed by atoms with Crippen molar-refractivity contribution in [3.63, 3.8) is 0 Å². The molecule has 0 aliphatic carbocycles. The van der Waals surface area contributed by atoms with E-state index in [1.807, 2.05) is 6.92 Å². The quantitative estimate of drug-likeness (QED) is 0.754. The van der Waals surface area contributed by atoms with Gasteiger partial charge in [0.25, 0.3) is 0 Å². The molecule has 0 saturated carbocycles. The maximum absolute atomic E-state index is 6.00. The van der Waals surface area contributed by atoms with Gasteiger partial charge in [0.15, 0.2) is 0 Å². The van der Waals surface area contributed by atoms with E-state index in [0.717, 1.165) is 6.54 Å². The Morgan fingerprint density at radius 2 is 1.79 bits per heavy atom. The van der Waals surface area contributed by atoms with Gasteiger partial charge < -0.3 is 10.3 Å². The summed E-state index contributed by atoms with van der Waals surface area (Å²) in [6.45, 7) is 2.89. The van der Waals surface area contributed by atoms with Crippen LogP contribution in [0, 0.1) is 0 Å². The summed E-state index contributed by atoms with van der Waals surface area (Å²) < 4.78 is 2.23. The van der Waals surface area contributed by atoms with Crippen molar-refractivity contribution < 1.29 is 0 Å². The number of hydrogen-bond donors (Lipinski definition) is 1. The second kappa shape index (κ2) is 4.90. The lowest BCUT2D eigenvalue weighted by Crippen LogP contribution is -2.12. The molecule has 3 aromatic rings. The summed E-state index contributed by atoms with van der Waals surface area (Å²) in [6.07, 6.45) is 2.10. The fourth-order valence-corrected chi connectivity index (χ4v) is 2.60. The molecule has 0 aliphatic heterocycles. The number of rotatable bonds is 3. The molecule has 0 fully saturated rings. The number of nitrogens with zero attached hydrogens (tertiary/aromatic N) is 1. The molecule has 19 heavy (non-hydrogen) atoms. The standard InChI is InChI=1S/C17H18N2/c1-13(18)17-10-5-11-19(17)12-15-8-4-7-14-6-2-3-9-16(14)15/h2-11,13H,12,18H2,1H3. The van der Waals surface area contributed by atoms with Crippen LogP contribution in [0.1, 0.15) is 24.2 Å². The molecule has 3 rings (SSSR count). The van der Waals surface area contributed by atoms with Gasteiger partial charge in [-0.25, -0.2) is 0 Å². The van der Waals surface area contributed by atoms with Gasteiger partial charge in [0.05, 0.1) is 0 Å². The first kappa shape index (κ1) is 12.0. The Hall–Kier alpha value is -2.06. The van der Waals surface area contributed by atoms with Gasteiger partial charge in [0.1, 0.15) is 0 Å². The highest BCUT2D eigenvalue weighted by atomic mass is 15.0. The summed E-state index contributed by atoms with van der Waals surface area (Å²) in [5.74, 6) is 0. The topological polar surface area (TPSA) is 30.9 Å². The van der Waals surface area contributed by atoms with Gasteiger partial charge in [-0.05, 0) is 35.4 Å². The largest absolute Gasteiger partial charge is 0.346 e. The zero-order valence-electron chi connectivity index (χ0n) is 11.1. The normalized spacial score (nSPS) is 12.7. The number of aromatic nitrogens is 1. The zero-order valence-corrected chi connectivity index (χ0v) is 11.1. The molecule has 0 spiro atoms. The predicted octanol–water partition coefficient (Wildman–Crippen LogP) is 3.71. The SMILES string of the molecule is CC(N)c1cccn1Cc1cccc2ccccc12. The van der Waals surface area contributed by atoms with Crippen molar-refractivity contribution in [2.45, 2.75) is 19.5 Å². The van der Waals surface area contributed by atoms with Crippen molar-refractivity contribution in [2.24, 2.45) is 5.73 Å². The van der Waals surface area contributed by atoms with Crippen molar-refractivity contribution in [3.05, 3.63) is 72.1 Å². The van der Waals surface area contributed by atoms with Gasteiger partial charge in [-0.1, -0.05) is 42.5 Å². The van der Waals surface area contributed by atoms with E-state index in [2.05, 4.69) is 65.4 Å². The maximum atomic E-state index is 6.00. The van der Waals surface area contributed by atoms with Crippen LogP contribution >= 0.6 is 0 Å². The molecule has 0 saturated heterocycles. The van der Waals surface area contributed by atoms with E-state index >= 15 is 0 Å². The van der Waals surface area contributed by atoms with Crippen LogP contribution in [0.2, 0.25) is 0 Å². The zero-order chi connectivity index (χ0) is 13.2. The lowest BCUT2D eigenvalue weighted by Gasteiger charge is -2.13. The molecule has 2 nitrogen and oxygen atoms in total. The minimum absolute atomic E-state index is 0.0602. The van der Waals surface area contributed by atoms with Crippen molar-refractivity contribution in [1.29, 1.82) is 0 Å². The molecule has 2 N–H and O–H groups in total. The van der Waals surface area contributed by atoms with E-state index < -0.39 is 0 Å². The lowest BCUT2D eigenvalue weighted by atomic mass is 10.0. The van der Waals surface area contributed by atoms with Crippen LogP contribution in [0.3, 0.4) is 0 Å². The Balaban J connectivity index is 2.04. The fraction of sp³-hybridized carbons (Fsp3) is 0.176. The summed E-state index contributed by atoms with van der Waals surface area (Å²) in [6, 6.07) is 19.2. The van der Waals surface area contributed by atoms with Crippen LogP contribution in [-0.2, 0) is 6.54 Å². The molecule has 1 heterocycles. The maximum Gasteiger partial charge on any atom is 0.0479 e. The number of hydrogen-bond acceptors (Lipinski definition) is 1. The molecule has 0 radical (unpaired) electrons. The minimum Gasteiger partial charge on any atom is -0.346 e. The van der Waals surface area contributed by atoms with E-state index in [-0.39, 0.29) is 6.04 Å². The second-order valence-corrected chi connectivity index (χ2v) is 4.99. The summed E-state index contributed by atoms with van der Waals surface area (Å²) in [5, 5.41) is 2.60. The molecule has 1 atom stereocenters. The summed E-state index contributed by atoms with van der Waals surface area (Å²) >= 11 is 0. The first-order valence-corrected chi connectivity index (χ1v) is 6.63. The molecule has 0 amide bonds. The third-order valence-electron chi connectivity index (χ3n) is 3.55. The van der Waals surface area contributed by atoms with E-state index in [4.69, 9.17) is 5.73 Å². The minimum atomic E-state index is 0.0602. The monoisotopic (exact) mass is 250 g/mol. The number of fused-ring (bicyclic) bond motifs is 1. The predicted molar refractivity (Wildman–Crippen MR) is 80.1 cm³/mol. The molecule has 1 aromatic heterocycles. The van der Waals surface area contributed by atoms with E-state index in [0.29, 0.717) is 0 Å². The average Bonchev–Trinajstić information content (AvgIpc) is 2.87. The summed E-state index contributed by atoms with van der Waals surface area (Å²) in [5.41, 5.74) is 8.51. The highest BCUT2D eigenvalue weighted by Gasteiger charge is 2.07. The van der Waals surface area contributed by atoms with Crippen molar-refractivity contribution >= 4 is 10.8 Å². The van der Waals surface area contributed by atoms with Gasteiger partial charge in [-0.3, -0.25) is 0 Å². The molecular weight excluding hydrogens is 232 g/mol. The Kier molecular flexibility index (Phi) is 3.10. The Morgan fingerprint density at radius 3 is 2.63 bits per heavy atom. The Labute approximate surface area is 113 Å². The molecule has 0 aliphatic rings. The van der Waals surface area contributed by atoms with Crippen LogP contribution in [-0.4, -0.2) is 4.57 Å². The average molecular weight is 250 g/mol. The lowest BCUT2D eigenvalue weighted by molar-refractivity contribution is 0.677. The van der Waals surface area contributed by atoms with Crippen LogP contribution in [0.5, 0.6) is 0 Å². The molecule has 2 aromatic carbocycles. The van der Waals surface area contributed by atoms with Crippen LogP contribution < -0.4 is 5.73 Å². The molecule has 1 unspecified atom stereocenters. The van der Waals surface area contributed by atoms with Crippen molar-refractivity contribution in [2.75, 3.05) is 0 Å². The van der Waals surface area contributed by atoms with Gasteiger partial charge >= 0.3 is 0 Å². The number of nitrogens with two attached hydrogens (primary N) is 1. The Bertz CT molecular complexity index is 690. The summed E-state index contributed by atoms with van der Waals surface area (Å²) in [4.78, 5) is 0. The van der Waals surface area contributed by atoms with Gasteiger partial charge in [-0.15, -0.1) is 0 Å². The van der Waals surface area contributed by atoms with E-state index in [1.54, 1.807) is 0 Å². The molecular formula is C17H18N2. The highest BCUT2D eigenvalue weighted by Crippen LogP contribution is 2.21. The molecule has 0 bridgehead atoms. The van der Waals surface area contributed by atoms with Crippen molar-refractivity contribution in [3.8, 4) is 0 Å². The van der Waals surface area contributed by atoms with Crippen LogP contribution in [0.25, 0.3) is 10.8 Å². The molecule has 2 heteroatoms. The number of benzene rings is 2. The highest BCUT2D eigenvalue weighted by molar-refractivity contribution is 5.85. The Morgan fingerprint density at radius 1 is 1.00 bits per heavy atom. The van der Waals surface area contributed by atoms with Crippen LogP contribution in [0.15, 0.2) is 60.8 Å². The van der Waals surface area contributed by atoms with Crippen LogP contribution in [0.4, 0.5) is 0 Å². The first-order chi connectivity index (χ1) is 9.25. The summed E-state index contributed by atoms with van der Waals surface area (Å²) in [7, 11) is 0. The third-order valence-corrected chi connectivity index (χ3v) is 3.55.